The highest BCUT2D eigenvalue weighted by Crippen LogP contribution is 2.17. The second-order valence-electron chi connectivity index (χ2n) is 6.84. The lowest BCUT2D eigenvalue weighted by atomic mass is 10.2. The average molecular weight is 422 g/mol. The summed E-state index contributed by atoms with van der Waals surface area (Å²) in [6.07, 6.45) is 3.70. The Kier molecular flexibility index (Phi) is 7.64. The van der Waals surface area contributed by atoms with Gasteiger partial charge in [0.1, 0.15) is 17.3 Å². The van der Waals surface area contributed by atoms with E-state index in [1.165, 1.54) is 0 Å². The normalized spacial score (nSPS) is 10.4. The maximum Gasteiger partial charge on any atom is 0.262 e. The molecule has 0 aliphatic carbocycles. The first-order valence-corrected chi connectivity index (χ1v) is 10.1. The molecule has 0 aliphatic rings. The highest BCUT2D eigenvalue weighted by Gasteiger charge is 2.10. The van der Waals surface area contributed by atoms with Crippen molar-refractivity contribution in [3.8, 4) is 11.5 Å². The third-order valence-corrected chi connectivity index (χ3v) is 4.52. The molecule has 0 radical (unpaired) electrons. The van der Waals surface area contributed by atoms with Crippen LogP contribution >= 0.6 is 0 Å². The number of aryl methyl sites for hydroxylation is 1. The first-order valence-electron chi connectivity index (χ1n) is 10.1. The van der Waals surface area contributed by atoms with Crippen molar-refractivity contribution in [1.82, 2.24) is 9.78 Å². The summed E-state index contributed by atoms with van der Waals surface area (Å²) < 4.78 is 12.4. The summed E-state index contributed by atoms with van der Waals surface area (Å²) in [6, 6.07) is 15.4. The number of rotatable bonds is 10. The van der Waals surface area contributed by atoms with Crippen molar-refractivity contribution in [3.05, 3.63) is 66.4 Å². The molecule has 8 heteroatoms. The highest BCUT2D eigenvalue weighted by molar-refractivity contribution is 6.03. The second kappa shape index (κ2) is 10.8. The van der Waals surface area contributed by atoms with Crippen LogP contribution < -0.4 is 20.1 Å². The number of carbonyl (C=O) groups is 2. The van der Waals surface area contributed by atoms with Crippen LogP contribution in [0.15, 0.2) is 60.8 Å². The summed E-state index contributed by atoms with van der Waals surface area (Å²) in [4.78, 5) is 24.6. The van der Waals surface area contributed by atoms with Crippen LogP contribution in [0.1, 0.15) is 30.1 Å². The number of benzene rings is 2. The van der Waals surface area contributed by atoms with E-state index in [1.54, 1.807) is 72.6 Å². The zero-order valence-electron chi connectivity index (χ0n) is 17.6. The average Bonchev–Trinajstić information content (AvgIpc) is 3.23. The Labute approximate surface area is 181 Å². The maximum absolute atomic E-state index is 12.5. The topological polar surface area (TPSA) is 94.5 Å². The Morgan fingerprint density at radius 3 is 2.58 bits per heavy atom. The van der Waals surface area contributed by atoms with Gasteiger partial charge < -0.3 is 20.1 Å². The summed E-state index contributed by atoms with van der Waals surface area (Å²) in [7, 11) is 1.56. The van der Waals surface area contributed by atoms with Gasteiger partial charge in [0.05, 0.1) is 13.3 Å². The maximum atomic E-state index is 12.5. The molecular formula is C23H26N4O4. The van der Waals surface area contributed by atoms with Gasteiger partial charge in [-0.05, 0) is 42.8 Å². The lowest BCUT2D eigenvalue weighted by molar-refractivity contribution is -0.118. The predicted molar refractivity (Wildman–Crippen MR) is 119 cm³/mol. The van der Waals surface area contributed by atoms with E-state index < -0.39 is 0 Å². The van der Waals surface area contributed by atoms with Gasteiger partial charge in [0, 0.05) is 29.9 Å². The lowest BCUT2D eigenvalue weighted by Crippen LogP contribution is -2.20. The van der Waals surface area contributed by atoms with E-state index in [4.69, 9.17) is 9.47 Å². The molecule has 2 amide bonds. The number of unbranched alkanes of at least 4 members (excludes halogenated alkanes) is 1. The van der Waals surface area contributed by atoms with Gasteiger partial charge in [0.15, 0.2) is 6.61 Å². The van der Waals surface area contributed by atoms with Gasteiger partial charge in [-0.1, -0.05) is 19.4 Å². The minimum atomic E-state index is -0.296. The van der Waals surface area contributed by atoms with E-state index in [9.17, 15) is 9.59 Å². The van der Waals surface area contributed by atoms with Crippen molar-refractivity contribution >= 4 is 23.3 Å². The summed E-state index contributed by atoms with van der Waals surface area (Å²) in [5.41, 5.74) is 1.11. The van der Waals surface area contributed by atoms with Gasteiger partial charge in [0.2, 0.25) is 0 Å². The quantitative estimate of drug-likeness (QED) is 0.516. The lowest BCUT2D eigenvalue weighted by Gasteiger charge is -2.10. The number of carbonyl (C=O) groups excluding carboxylic acids is 2. The largest absolute Gasteiger partial charge is 0.497 e. The van der Waals surface area contributed by atoms with Crippen LogP contribution in [-0.2, 0) is 11.3 Å². The molecule has 0 bridgehead atoms. The molecule has 0 fully saturated rings. The molecule has 31 heavy (non-hydrogen) atoms. The Bertz CT molecular complexity index is 1010. The smallest absolute Gasteiger partial charge is 0.262 e. The third kappa shape index (κ3) is 6.33. The molecule has 162 valence electrons. The molecule has 3 aromatic rings. The molecule has 1 aromatic heterocycles. The summed E-state index contributed by atoms with van der Waals surface area (Å²) in [5.74, 6) is 1.27. The van der Waals surface area contributed by atoms with E-state index in [-0.39, 0.29) is 18.4 Å². The molecular weight excluding hydrogens is 396 g/mol. The number of hydrogen-bond acceptors (Lipinski definition) is 5. The molecule has 0 spiro atoms. The van der Waals surface area contributed by atoms with Crippen molar-refractivity contribution in [1.29, 1.82) is 0 Å². The summed E-state index contributed by atoms with van der Waals surface area (Å²) in [5, 5.41) is 9.85. The van der Waals surface area contributed by atoms with Gasteiger partial charge in [-0.2, -0.15) is 5.10 Å². The molecule has 0 saturated heterocycles. The van der Waals surface area contributed by atoms with Crippen LogP contribution in [0.25, 0.3) is 0 Å². The number of ether oxygens (including phenoxy) is 2. The fourth-order valence-corrected chi connectivity index (χ4v) is 2.86. The SMILES string of the molecule is CCCCn1nccc1NC(=O)c1ccc(OCC(=O)Nc2cccc(OC)c2)cc1. The van der Waals surface area contributed by atoms with Crippen LogP contribution in [-0.4, -0.2) is 35.3 Å². The summed E-state index contributed by atoms with van der Waals surface area (Å²) >= 11 is 0. The monoisotopic (exact) mass is 422 g/mol. The van der Waals surface area contributed by atoms with Crippen LogP contribution in [0, 0.1) is 0 Å². The fraction of sp³-hybridized carbons (Fsp3) is 0.261. The molecule has 1 heterocycles. The van der Waals surface area contributed by atoms with Gasteiger partial charge in [-0.15, -0.1) is 0 Å². The number of methoxy groups -OCH3 is 1. The molecule has 2 N–H and O–H groups in total. The number of amides is 2. The minimum absolute atomic E-state index is 0.153. The minimum Gasteiger partial charge on any atom is -0.497 e. The summed E-state index contributed by atoms with van der Waals surface area (Å²) in [6.45, 7) is 2.71. The standard InChI is InChI=1S/C23H26N4O4/c1-3-4-14-27-21(12-13-24-27)26-23(29)17-8-10-19(11-9-17)31-16-22(28)25-18-6-5-7-20(15-18)30-2/h5-13,15H,3-4,14,16H2,1-2H3,(H,25,28)(H,26,29). The third-order valence-electron chi connectivity index (χ3n) is 4.52. The molecule has 8 nitrogen and oxygen atoms in total. The van der Waals surface area contributed by atoms with E-state index >= 15 is 0 Å². The number of nitrogens with zero attached hydrogens (tertiary/aromatic N) is 2. The Hall–Kier alpha value is -3.81. The van der Waals surface area contributed by atoms with Gasteiger partial charge in [-0.3, -0.25) is 9.59 Å². The fourth-order valence-electron chi connectivity index (χ4n) is 2.86. The van der Waals surface area contributed by atoms with E-state index in [0.29, 0.717) is 28.6 Å². The Morgan fingerprint density at radius 2 is 1.84 bits per heavy atom. The molecule has 0 atom stereocenters. The molecule has 0 unspecified atom stereocenters. The first kappa shape index (κ1) is 21.9. The van der Waals surface area contributed by atoms with E-state index in [1.807, 2.05) is 0 Å². The van der Waals surface area contributed by atoms with Crippen LogP contribution in [0.4, 0.5) is 11.5 Å². The van der Waals surface area contributed by atoms with Crippen LogP contribution in [0.2, 0.25) is 0 Å². The number of anilines is 2. The van der Waals surface area contributed by atoms with Crippen molar-refractivity contribution in [2.75, 3.05) is 24.4 Å². The van der Waals surface area contributed by atoms with E-state index in [2.05, 4.69) is 22.7 Å². The van der Waals surface area contributed by atoms with Gasteiger partial charge in [0.25, 0.3) is 11.8 Å². The molecule has 0 aliphatic heterocycles. The molecule has 0 saturated carbocycles. The Balaban J connectivity index is 1.51. The van der Waals surface area contributed by atoms with Crippen molar-refractivity contribution < 1.29 is 19.1 Å². The van der Waals surface area contributed by atoms with Gasteiger partial charge >= 0.3 is 0 Å². The zero-order valence-corrected chi connectivity index (χ0v) is 17.6. The van der Waals surface area contributed by atoms with Crippen LogP contribution in [0.3, 0.4) is 0 Å². The first-order chi connectivity index (χ1) is 15.1. The number of hydrogen-bond donors (Lipinski definition) is 2. The van der Waals surface area contributed by atoms with Crippen molar-refractivity contribution in [2.45, 2.75) is 26.3 Å². The van der Waals surface area contributed by atoms with Crippen molar-refractivity contribution in [2.24, 2.45) is 0 Å². The Morgan fingerprint density at radius 1 is 1.03 bits per heavy atom. The number of nitrogens with one attached hydrogen (secondary N) is 2. The predicted octanol–water partition coefficient (Wildman–Crippen LogP) is 3.96. The van der Waals surface area contributed by atoms with Gasteiger partial charge in [-0.25, -0.2) is 4.68 Å². The zero-order chi connectivity index (χ0) is 22.1. The van der Waals surface area contributed by atoms with Crippen molar-refractivity contribution in [3.63, 3.8) is 0 Å². The second-order valence-corrected chi connectivity index (χ2v) is 6.84. The highest BCUT2D eigenvalue weighted by atomic mass is 16.5. The molecule has 3 rings (SSSR count). The molecule has 2 aromatic carbocycles. The number of aromatic nitrogens is 2. The van der Waals surface area contributed by atoms with E-state index in [0.717, 1.165) is 19.4 Å². The van der Waals surface area contributed by atoms with Crippen LogP contribution in [0.5, 0.6) is 11.5 Å².